The van der Waals surface area contributed by atoms with Crippen LogP contribution in [-0.4, -0.2) is 40.1 Å². The van der Waals surface area contributed by atoms with Crippen LogP contribution in [0.3, 0.4) is 0 Å². The second kappa shape index (κ2) is 14.2. The van der Waals surface area contributed by atoms with E-state index in [2.05, 4.69) is 25.9 Å². The van der Waals surface area contributed by atoms with Crippen molar-refractivity contribution in [1.82, 2.24) is 15.3 Å². The third kappa shape index (κ3) is 9.32. The highest BCUT2D eigenvalue weighted by Gasteiger charge is 2.20. The fourth-order valence-electron chi connectivity index (χ4n) is 3.82. The number of rotatable bonds is 13. The van der Waals surface area contributed by atoms with Gasteiger partial charge in [-0.25, -0.2) is 19.2 Å². The third-order valence-corrected chi connectivity index (χ3v) is 6.77. The lowest BCUT2D eigenvalue weighted by molar-refractivity contribution is -0.137. The van der Waals surface area contributed by atoms with E-state index in [1.807, 2.05) is 13.8 Å². The number of thiazole rings is 1. The Morgan fingerprint density at radius 2 is 1.95 bits per heavy atom. The Morgan fingerprint density at radius 1 is 1.15 bits per heavy atom. The van der Waals surface area contributed by atoms with Crippen molar-refractivity contribution in [3.8, 4) is 5.75 Å². The molecule has 1 unspecified atom stereocenters. The Hall–Kier alpha value is -4.06. The lowest BCUT2D eigenvalue weighted by atomic mass is 10.0. The van der Waals surface area contributed by atoms with Crippen LogP contribution in [0.1, 0.15) is 54.6 Å². The monoisotopic (exact) mass is 557 g/mol. The number of aliphatic carboxylic acids is 1. The maximum atomic E-state index is 14.7. The molecule has 1 aromatic carbocycles. The Kier molecular flexibility index (Phi) is 10.7. The largest absolute Gasteiger partial charge is 0.493 e. The number of benzene rings is 1. The topological polar surface area (TPSA) is 143 Å². The fraction of sp³-hybridized carbons (Fsp3) is 0.370. The molecule has 0 aliphatic heterocycles. The average molecular weight is 558 g/mol. The fourth-order valence-corrected chi connectivity index (χ4v) is 4.84. The second-order valence-corrected chi connectivity index (χ2v) is 10.4. The molecule has 3 aromatic rings. The quantitative estimate of drug-likeness (QED) is 0.227. The number of nitrogens with one attached hydrogen (secondary N) is 3. The summed E-state index contributed by atoms with van der Waals surface area (Å²) in [6, 6.07) is 6.44. The lowest BCUT2D eigenvalue weighted by Crippen LogP contribution is -2.30. The number of carboxylic acid groups (broad SMARTS) is 1. The van der Waals surface area contributed by atoms with E-state index < -0.39 is 17.8 Å². The van der Waals surface area contributed by atoms with Crippen LogP contribution in [0.4, 0.5) is 20.7 Å². The van der Waals surface area contributed by atoms with Gasteiger partial charge in [-0.05, 0) is 55.0 Å². The molecule has 0 fully saturated rings. The Morgan fingerprint density at radius 3 is 2.64 bits per heavy atom. The predicted octanol–water partition coefficient (Wildman–Crippen LogP) is 5.18. The molecule has 3 rings (SSSR count). The number of nitrogens with zero attached hydrogens (tertiary/aromatic N) is 2. The van der Waals surface area contributed by atoms with Gasteiger partial charge in [0, 0.05) is 23.7 Å². The highest BCUT2D eigenvalue weighted by molar-refractivity contribution is 7.11. The Balaban J connectivity index is 1.59. The van der Waals surface area contributed by atoms with Crippen LogP contribution in [-0.2, 0) is 22.4 Å². The number of amides is 3. The number of ether oxygens (including phenoxy) is 1. The van der Waals surface area contributed by atoms with Gasteiger partial charge < -0.3 is 20.5 Å². The molecule has 12 heteroatoms. The molecule has 0 aliphatic rings. The van der Waals surface area contributed by atoms with E-state index in [9.17, 15) is 18.8 Å². The maximum absolute atomic E-state index is 14.7. The molecule has 0 bridgehead atoms. The molecule has 3 amide bonds. The minimum absolute atomic E-state index is 0.0533. The first-order chi connectivity index (χ1) is 18.6. The number of aryl methyl sites for hydroxylation is 1. The van der Waals surface area contributed by atoms with Crippen LogP contribution in [0.15, 0.2) is 42.7 Å². The number of carbonyl (C=O) groups excluding carboxylic acids is 2. The first-order valence-electron chi connectivity index (χ1n) is 12.5. The molecule has 0 saturated heterocycles. The number of aromatic nitrogens is 2. The van der Waals surface area contributed by atoms with Crippen LogP contribution in [0.2, 0.25) is 0 Å². The van der Waals surface area contributed by atoms with Gasteiger partial charge in [0.1, 0.15) is 10.8 Å². The summed E-state index contributed by atoms with van der Waals surface area (Å²) in [6.45, 7) is 4.09. The van der Waals surface area contributed by atoms with Crippen molar-refractivity contribution in [2.24, 2.45) is 5.92 Å². The summed E-state index contributed by atoms with van der Waals surface area (Å²) in [7, 11) is 1.44. The van der Waals surface area contributed by atoms with Gasteiger partial charge in [0.05, 0.1) is 25.3 Å². The van der Waals surface area contributed by atoms with Crippen molar-refractivity contribution in [3.63, 3.8) is 0 Å². The van der Waals surface area contributed by atoms with Crippen molar-refractivity contribution < 1.29 is 28.6 Å². The second-order valence-electron chi connectivity index (χ2n) is 9.29. The van der Waals surface area contributed by atoms with Gasteiger partial charge >= 0.3 is 12.0 Å². The van der Waals surface area contributed by atoms with Crippen LogP contribution in [0.5, 0.6) is 5.75 Å². The molecule has 2 heterocycles. The summed E-state index contributed by atoms with van der Waals surface area (Å²) in [6.07, 6.45) is 5.05. The van der Waals surface area contributed by atoms with E-state index >= 15 is 0 Å². The number of carboxylic acids is 1. The van der Waals surface area contributed by atoms with E-state index in [-0.39, 0.29) is 42.2 Å². The smallest absolute Gasteiger partial charge is 0.325 e. The highest BCUT2D eigenvalue weighted by Crippen LogP contribution is 2.27. The summed E-state index contributed by atoms with van der Waals surface area (Å²) in [5.41, 5.74) is 0.390. The SMILES string of the molecule is COc1cccnc1NC(=O)Nc1ccc(CC(=O)NC(CC(C)C)c2ncc(CCCC(=O)O)s2)cc1F. The van der Waals surface area contributed by atoms with Crippen molar-refractivity contribution in [2.45, 2.75) is 52.0 Å². The summed E-state index contributed by atoms with van der Waals surface area (Å²) in [5, 5.41) is 17.5. The van der Waals surface area contributed by atoms with E-state index in [0.29, 0.717) is 30.6 Å². The minimum Gasteiger partial charge on any atom is -0.493 e. The van der Waals surface area contributed by atoms with Crippen LogP contribution >= 0.6 is 11.3 Å². The molecular formula is C27H32FN5O5S. The van der Waals surface area contributed by atoms with Crippen molar-refractivity contribution in [2.75, 3.05) is 17.7 Å². The zero-order valence-corrected chi connectivity index (χ0v) is 22.8. The van der Waals surface area contributed by atoms with Crippen LogP contribution in [0, 0.1) is 11.7 Å². The number of anilines is 2. The molecule has 208 valence electrons. The number of hydrogen-bond donors (Lipinski definition) is 4. The van der Waals surface area contributed by atoms with Crippen LogP contribution < -0.4 is 20.7 Å². The summed E-state index contributed by atoms with van der Waals surface area (Å²) >= 11 is 1.46. The predicted molar refractivity (Wildman–Crippen MR) is 147 cm³/mol. The standard InChI is InChI=1S/C27H32FN5O5S/c1-16(2)12-21(26-30-15-18(39-26)6-4-8-24(35)36)31-23(34)14-17-9-10-20(19(28)13-17)32-27(37)33-25-22(38-3)7-5-11-29-25/h5,7,9-11,13,15-16,21H,4,6,8,12,14H2,1-3H3,(H,31,34)(H,35,36)(H2,29,32,33,37). The lowest BCUT2D eigenvalue weighted by Gasteiger charge is -2.19. The first-order valence-corrected chi connectivity index (χ1v) is 13.3. The molecule has 0 aliphatic carbocycles. The van der Waals surface area contributed by atoms with Gasteiger partial charge in [-0.1, -0.05) is 19.9 Å². The normalized spacial score (nSPS) is 11.6. The number of carbonyl (C=O) groups is 3. The molecule has 1 atom stereocenters. The van der Waals surface area contributed by atoms with Crippen molar-refractivity contribution in [3.05, 3.63) is 64.0 Å². The number of halogens is 1. The molecule has 2 aromatic heterocycles. The molecule has 10 nitrogen and oxygen atoms in total. The molecule has 4 N–H and O–H groups in total. The van der Waals surface area contributed by atoms with Crippen molar-refractivity contribution in [1.29, 1.82) is 0 Å². The summed E-state index contributed by atoms with van der Waals surface area (Å²) < 4.78 is 19.9. The summed E-state index contributed by atoms with van der Waals surface area (Å²) in [5.74, 6) is -0.975. The summed E-state index contributed by atoms with van der Waals surface area (Å²) in [4.78, 5) is 45.4. The molecular weight excluding hydrogens is 525 g/mol. The van der Waals surface area contributed by atoms with Gasteiger partial charge in [-0.3, -0.25) is 14.9 Å². The number of methoxy groups -OCH3 is 1. The zero-order valence-electron chi connectivity index (χ0n) is 22.0. The maximum Gasteiger partial charge on any atom is 0.325 e. The highest BCUT2D eigenvalue weighted by atomic mass is 32.1. The molecule has 0 radical (unpaired) electrons. The van der Waals surface area contributed by atoms with Gasteiger partial charge in [0.2, 0.25) is 5.91 Å². The first kappa shape index (κ1) is 29.5. The minimum atomic E-state index is -0.835. The molecule has 39 heavy (non-hydrogen) atoms. The van der Waals surface area contributed by atoms with Gasteiger partial charge in [-0.15, -0.1) is 11.3 Å². The van der Waals surface area contributed by atoms with Gasteiger partial charge in [0.25, 0.3) is 0 Å². The Labute approximate surface area is 230 Å². The van der Waals surface area contributed by atoms with Gasteiger partial charge in [0.15, 0.2) is 11.6 Å². The zero-order chi connectivity index (χ0) is 28.4. The van der Waals surface area contributed by atoms with Crippen LogP contribution in [0.25, 0.3) is 0 Å². The molecule has 0 saturated carbocycles. The van der Waals surface area contributed by atoms with Gasteiger partial charge in [-0.2, -0.15) is 0 Å². The van der Waals surface area contributed by atoms with E-state index in [0.717, 1.165) is 9.88 Å². The van der Waals surface area contributed by atoms with E-state index in [1.165, 1.54) is 36.8 Å². The number of hydrogen-bond acceptors (Lipinski definition) is 7. The average Bonchev–Trinajstić information content (AvgIpc) is 3.34. The third-order valence-electron chi connectivity index (χ3n) is 5.59. The number of urea groups is 1. The number of pyridine rings is 1. The van der Waals surface area contributed by atoms with E-state index in [1.54, 1.807) is 24.4 Å². The van der Waals surface area contributed by atoms with E-state index in [4.69, 9.17) is 9.84 Å². The molecule has 0 spiro atoms. The van der Waals surface area contributed by atoms with Crippen molar-refractivity contribution >= 4 is 40.7 Å². The Bertz CT molecular complexity index is 1300.